The van der Waals surface area contributed by atoms with Crippen LogP contribution in [0.4, 0.5) is 5.82 Å². The molecule has 3 N–H and O–H groups in total. The molecule has 6 heterocycles. The average molecular weight is 502 g/mol. The third kappa shape index (κ3) is 3.75. The van der Waals surface area contributed by atoms with Gasteiger partial charge in [-0.05, 0) is 38.7 Å². The number of nitrogens with two attached hydrogens (primary N) is 1. The lowest BCUT2D eigenvalue weighted by Gasteiger charge is -2.39. The molecule has 6 rings (SSSR count). The predicted octanol–water partition coefficient (Wildman–Crippen LogP) is 1.60. The molecule has 2 bridgehead atoms. The van der Waals surface area contributed by atoms with E-state index in [0.717, 1.165) is 24.0 Å². The zero-order chi connectivity index (χ0) is 25.8. The summed E-state index contributed by atoms with van der Waals surface area (Å²) in [6.45, 7) is 0.996. The van der Waals surface area contributed by atoms with Crippen molar-refractivity contribution >= 4 is 23.2 Å². The van der Waals surface area contributed by atoms with E-state index >= 15 is 0 Å². The largest absolute Gasteiger partial charge is 0.387 e. The average Bonchev–Trinajstić information content (AvgIpc) is 3.59. The number of aliphatic hydroxyl groups excluding tert-OH is 1. The molecule has 190 valence electrons. The highest BCUT2D eigenvalue weighted by molar-refractivity contribution is 6.00. The molecule has 12 nitrogen and oxygen atoms in total. The van der Waals surface area contributed by atoms with Crippen LogP contribution >= 0.6 is 0 Å². The van der Waals surface area contributed by atoms with Crippen LogP contribution in [0, 0.1) is 0 Å². The van der Waals surface area contributed by atoms with Gasteiger partial charge < -0.3 is 15.7 Å². The Morgan fingerprint density at radius 3 is 2.49 bits per heavy atom. The molecule has 0 spiro atoms. The first-order valence-electron chi connectivity index (χ1n) is 12.3. The molecule has 0 aromatic carbocycles. The van der Waals surface area contributed by atoms with E-state index in [1.807, 2.05) is 17.0 Å². The van der Waals surface area contributed by atoms with Crippen molar-refractivity contribution in [2.24, 2.45) is 7.05 Å². The maximum Gasteiger partial charge on any atom is 0.248 e. The number of aliphatic hydroxyl groups is 1. The Kier molecular flexibility index (Phi) is 5.48. The Hall–Kier alpha value is -4.19. The number of hydrogen-bond donors (Lipinski definition) is 2. The summed E-state index contributed by atoms with van der Waals surface area (Å²) in [5, 5.41) is 18.1. The van der Waals surface area contributed by atoms with Crippen LogP contribution < -0.4 is 5.73 Å². The maximum atomic E-state index is 12.7. The van der Waals surface area contributed by atoms with E-state index in [4.69, 9.17) is 10.7 Å². The first kappa shape index (κ1) is 23.2. The number of aryl methyl sites for hydroxylation is 1. The van der Waals surface area contributed by atoms with Crippen molar-refractivity contribution in [3.63, 3.8) is 0 Å². The summed E-state index contributed by atoms with van der Waals surface area (Å²) in [4.78, 5) is 40.6. The quantitative estimate of drug-likeness (QED) is 0.388. The van der Waals surface area contributed by atoms with Crippen LogP contribution in [0.3, 0.4) is 0 Å². The Bertz CT molecular complexity index is 1510. The molecule has 2 aliphatic rings. The van der Waals surface area contributed by atoms with Gasteiger partial charge >= 0.3 is 0 Å². The van der Waals surface area contributed by atoms with Gasteiger partial charge in [-0.15, -0.1) is 5.10 Å². The SMILES string of the molecule is CC(=O)c1c(C2C[C@H]3CC[C@@H](C2)N3C(=O)CO)nc2c(-c3ccc(-c4ncn(C)n4)nc3)cnn2c1N. The number of Topliss-reactive ketones (excluding diaryl/α,β-unsaturated/α-hetero) is 1. The third-order valence-corrected chi connectivity index (χ3v) is 7.51. The summed E-state index contributed by atoms with van der Waals surface area (Å²) >= 11 is 0. The second-order valence-electron chi connectivity index (χ2n) is 9.79. The van der Waals surface area contributed by atoms with Crippen molar-refractivity contribution in [3.05, 3.63) is 42.1 Å². The number of rotatable bonds is 5. The number of fused-ring (bicyclic) bond motifs is 3. The highest BCUT2D eigenvalue weighted by atomic mass is 16.3. The van der Waals surface area contributed by atoms with E-state index in [0.29, 0.717) is 41.3 Å². The zero-order valence-corrected chi connectivity index (χ0v) is 20.6. The molecule has 2 saturated heterocycles. The molecular formula is C25H27N9O3. The van der Waals surface area contributed by atoms with Crippen molar-refractivity contribution in [2.45, 2.75) is 50.6 Å². The van der Waals surface area contributed by atoms with Crippen LogP contribution in [0.5, 0.6) is 0 Å². The van der Waals surface area contributed by atoms with Crippen LogP contribution in [-0.2, 0) is 11.8 Å². The van der Waals surface area contributed by atoms with Gasteiger partial charge in [-0.25, -0.2) is 9.97 Å². The van der Waals surface area contributed by atoms with Crippen molar-refractivity contribution < 1.29 is 14.7 Å². The van der Waals surface area contributed by atoms with E-state index in [1.165, 1.54) is 11.4 Å². The van der Waals surface area contributed by atoms with Gasteiger partial charge in [-0.2, -0.15) is 9.61 Å². The smallest absolute Gasteiger partial charge is 0.248 e. The number of pyridine rings is 1. The minimum atomic E-state index is -0.490. The van der Waals surface area contributed by atoms with Gasteiger partial charge in [0.1, 0.15) is 24.4 Å². The maximum absolute atomic E-state index is 12.7. The van der Waals surface area contributed by atoms with E-state index < -0.39 is 6.61 Å². The summed E-state index contributed by atoms with van der Waals surface area (Å²) in [5.74, 6) is 0.335. The fourth-order valence-electron chi connectivity index (χ4n) is 5.92. The number of piperidine rings is 1. The Morgan fingerprint density at radius 2 is 1.89 bits per heavy atom. The molecule has 1 unspecified atom stereocenters. The molecule has 0 radical (unpaired) electrons. The first-order chi connectivity index (χ1) is 17.9. The minimum Gasteiger partial charge on any atom is -0.387 e. The van der Waals surface area contributed by atoms with E-state index in [1.54, 1.807) is 30.5 Å². The number of carbonyl (C=O) groups is 2. The van der Waals surface area contributed by atoms with E-state index in [9.17, 15) is 14.7 Å². The standard InChI is InChI=1S/C25H27N9O3/c1-13(36)21-22(15-7-16-4-5-17(8-15)33(16)20(37)11-35)30-25-18(10-29-34(25)23(21)26)14-3-6-19(27-9-14)24-28-12-32(2)31-24/h3,6,9-10,12,15-17,35H,4-5,7-8,11,26H2,1-2H3/t15?,16-,17+. The van der Waals surface area contributed by atoms with Crippen LogP contribution in [0.1, 0.15) is 54.6 Å². The van der Waals surface area contributed by atoms with Gasteiger partial charge in [0, 0.05) is 42.4 Å². The molecule has 2 aliphatic heterocycles. The number of carbonyl (C=O) groups excluding carboxylic acids is 2. The summed E-state index contributed by atoms with van der Waals surface area (Å²) in [5.41, 5.74) is 10.3. The van der Waals surface area contributed by atoms with Crippen molar-refractivity contribution in [1.29, 1.82) is 0 Å². The highest BCUT2D eigenvalue weighted by Crippen LogP contribution is 2.44. The van der Waals surface area contributed by atoms with Crippen LogP contribution in [0.25, 0.3) is 28.3 Å². The molecular weight excluding hydrogens is 474 g/mol. The molecule has 37 heavy (non-hydrogen) atoms. The lowest BCUT2D eigenvalue weighted by molar-refractivity contribution is -0.138. The van der Waals surface area contributed by atoms with Gasteiger partial charge in [0.25, 0.3) is 0 Å². The highest BCUT2D eigenvalue weighted by Gasteiger charge is 2.44. The van der Waals surface area contributed by atoms with E-state index in [2.05, 4.69) is 20.2 Å². The lowest BCUT2D eigenvalue weighted by atomic mass is 9.85. The lowest BCUT2D eigenvalue weighted by Crippen LogP contribution is -2.47. The molecule has 12 heteroatoms. The number of hydrogen-bond acceptors (Lipinski definition) is 9. The van der Waals surface area contributed by atoms with E-state index in [-0.39, 0.29) is 35.5 Å². The van der Waals surface area contributed by atoms with Crippen molar-refractivity contribution in [1.82, 2.24) is 39.2 Å². The van der Waals surface area contributed by atoms with Gasteiger partial charge in [0.2, 0.25) is 5.91 Å². The Labute approximate surface area is 212 Å². The number of aromatic nitrogens is 7. The van der Waals surface area contributed by atoms with Crippen molar-refractivity contribution in [3.8, 4) is 22.6 Å². The van der Waals surface area contributed by atoms with Crippen LogP contribution in [0.15, 0.2) is 30.9 Å². The second-order valence-corrected chi connectivity index (χ2v) is 9.79. The van der Waals surface area contributed by atoms with Gasteiger partial charge in [0.15, 0.2) is 17.3 Å². The fourth-order valence-corrected chi connectivity index (χ4v) is 5.92. The normalized spacial score (nSPS) is 21.1. The van der Waals surface area contributed by atoms with Crippen LogP contribution in [-0.4, -0.2) is 74.7 Å². The number of anilines is 1. The van der Waals surface area contributed by atoms with Gasteiger partial charge in [-0.3, -0.25) is 19.3 Å². The number of nitrogen functional groups attached to an aromatic ring is 1. The first-order valence-corrected chi connectivity index (χ1v) is 12.3. The van der Waals surface area contributed by atoms with Gasteiger partial charge in [-0.1, -0.05) is 6.07 Å². The zero-order valence-electron chi connectivity index (χ0n) is 20.6. The summed E-state index contributed by atoms with van der Waals surface area (Å²) in [7, 11) is 1.80. The van der Waals surface area contributed by atoms with Crippen molar-refractivity contribution in [2.75, 3.05) is 12.3 Å². The molecule has 0 saturated carbocycles. The summed E-state index contributed by atoms with van der Waals surface area (Å²) < 4.78 is 3.12. The summed E-state index contributed by atoms with van der Waals surface area (Å²) in [6.07, 6.45) is 8.10. The number of ketones is 1. The van der Waals surface area contributed by atoms with Gasteiger partial charge in [0.05, 0.1) is 17.5 Å². The molecule has 4 aromatic rings. The predicted molar refractivity (Wildman–Crippen MR) is 133 cm³/mol. The number of nitrogens with zero attached hydrogens (tertiary/aromatic N) is 8. The second kappa shape index (κ2) is 8.73. The molecule has 0 aliphatic carbocycles. The molecule has 4 aromatic heterocycles. The summed E-state index contributed by atoms with van der Waals surface area (Å²) in [6, 6.07) is 3.78. The molecule has 2 fully saturated rings. The molecule has 3 atom stereocenters. The topological polar surface area (TPSA) is 157 Å². The Balaban J connectivity index is 1.41. The fraction of sp³-hybridized carbons (Fsp3) is 0.400. The Morgan fingerprint density at radius 1 is 1.14 bits per heavy atom. The minimum absolute atomic E-state index is 0.0174. The third-order valence-electron chi connectivity index (χ3n) is 7.51. The number of amides is 1. The monoisotopic (exact) mass is 501 g/mol. The molecule has 1 amide bonds. The van der Waals surface area contributed by atoms with Crippen LogP contribution in [0.2, 0.25) is 0 Å².